The van der Waals surface area contributed by atoms with E-state index in [-0.39, 0.29) is 5.91 Å². The average Bonchev–Trinajstić information content (AvgIpc) is 3.17. The van der Waals surface area contributed by atoms with Gasteiger partial charge in [-0.05, 0) is 77.5 Å². The van der Waals surface area contributed by atoms with E-state index < -0.39 is 0 Å². The summed E-state index contributed by atoms with van der Waals surface area (Å²) in [6.45, 7) is 2.44. The molecular formula is C23H19BrN2O4. The topological polar surface area (TPSA) is 73.6 Å². The molecule has 0 radical (unpaired) electrons. The number of methoxy groups -OCH3 is 1. The lowest BCUT2D eigenvalue weighted by molar-refractivity contribution is 0.102. The van der Waals surface area contributed by atoms with Gasteiger partial charge in [0.15, 0.2) is 5.58 Å². The van der Waals surface area contributed by atoms with Gasteiger partial charge in [0.25, 0.3) is 5.91 Å². The first kappa shape index (κ1) is 20.0. The number of carbonyl (C=O) groups excluding carboxylic acids is 1. The van der Waals surface area contributed by atoms with Crippen LogP contribution in [-0.4, -0.2) is 24.6 Å². The van der Waals surface area contributed by atoms with E-state index in [1.54, 1.807) is 43.5 Å². The van der Waals surface area contributed by atoms with Crippen molar-refractivity contribution in [3.05, 3.63) is 70.7 Å². The molecule has 152 valence electrons. The van der Waals surface area contributed by atoms with Gasteiger partial charge in [-0.2, -0.15) is 0 Å². The van der Waals surface area contributed by atoms with E-state index in [2.05, 4.69) is 26.2 Å². The van der Waals surface area contributed by atoms with Crippen LogP contribution in [0.1, 0.15) is 17.3 Å². The molecule has 4 rings (SSSR count). The zero-order valence-corrected chi connectivity index (χ0v) is 18.0. The fourth-order valence-electron chi connectivity index (χ4n) is 3.03. The van der Waals surface area contributed by atoms with Gasteiger partial charge in [0.2, 0.25) is 5.89 Å². The summed E-state index contributed by atoms with van der Waals surface area (Å²) >= 11 is 3.47. The van der Waals surface area contributed by atoms with Crippen molar-refractivity contribution in [2.45, 2.75) is 6.92 Å². The van der Waals surface area contributed by atoms with Crippen molar-refractivity contribution in [2.24, 2.45) is 0 Å². The van der Waals surface area contributed by atoms with Crippen molar-refractivity contribution < 1.29 is 18.7 Å². The van der Waals surface area contributed by atoms with Crippen LogP contribution in [0.25, 0.3) is 22.6 Å². The molecule has 1 amide bonds. The maximum atomic E-state index is 12.6. The van der Waals surface area contributed by atoms with Crippen molar-refractivity contribution in [3.8, 4) is 23.0 Å². The predicted molar refractivity (Wildman–Crippen MR) is 119 cm³/mol. The van der Waals surface area contributed by atoms with Crippen molar-refractivity contribution >= 4 is 38.6 Å². The maximum absolute atomic E-state index is 12.6. The van der Waals surface area contributed by atoms with E-state index in [0.29, 0.717) is 40.6 Å². The van der Waals surface area contributed by atoms with Crippen LogP contribution in [-0.2, 0) is 0 Å². The summed E-state index contributed by atoms with van der Waals surface area (Å²) in [7, 11) is 1.61. The minimum Gasteiger partial charge on any atom is -0.496 e. The molecule has 30 heavy (non-hydrogen) atoms. The maximum Gasteiger partial charge on any atom is 0.255 e. The minimum absolute atomic E-state index is 0.223. The van der Waals surface area contributed by atoms with Crippen LogP contribution >= 0.6 is 15.9 Å². The number of hydrogen-bond acceptors (Lipinski definition) is 5. The van der Waals surface area contributed by atoms with Crippen molar-refractivity contribution in [3.63, 3.8) is 0 Å². The third-order valence-electron chi connectivity index (χ3n) is 4.45. The highest BCUT2D eigenvalue weighted by atomic mass is 79.9. The molecule has 0 aliphatic rings. The van der Waals surface area contributed by atoms with E-state index in [4.69, 9.17) is 13.9 Å². The Kier molecular flexibility index (Phi) is 5.72. The molecule has 1 N–H and O–H groups in total. The third kappa shape index (κ3) is 4.16. The molecule has 0 unspecified atom stereocenters. The molecule has 0 saturated carbocycles. The van der Waals surface area contributed by atoms with E-state index in [1.165, 1.54) is 0 Å². The number of halogens is 1. The second kappa shape index (κ2) is 8.59. The molecule has 0 aliphatic heterocycles. The number of carbonyl (C=O) groups is 1. The number of rotatable bonds is 6. The molecule has 1 aromatic heterocycles. The number of aromatic nitrogens is 1. The second-order valence-electron chi connectivity index (χ2n) is 6.47. The van der Waals surface area contributed by atoms with Crippen molar-refractivity contribution in [1.29, 1.82) is 0 Å². The quantitative estimate of drug-likeness (QED) is 0.381. The van der Waals surface area contributed by atoms with E-state index >= 15 is 0 Å². The molecule has 0 bridgehead atoms. The van der Waals surface area contributed by atoms with Crippen LogP contribution < -0.4 is 14.8 Å². The standard InChI is InChI=1S/C23H19BrN2O4/c1-3-29-17-6-4-5-14(11-17)22(27)25-16-8-10-21-19(13-16)26-23(30-21)15-7-9-20(28-2)18(24)12-15/h4-13H,3H2,1-2H3,(H,25,27). The molecule has 1 heterocycles. The first-order valence-corrected chi connectivity index (χ1v) is 10.2. The van der Waals surface area contributed by atoms with Gasteiger partial charge >= 0.3 is 0 Å². The summed E-state index contributed by atoms with van der Waals surface area (Å²) in [5.74, 6) is 1.65. The Balaban J connectivity index is 1.57. The van der Waals surface area contributed by atoms with Crippen LogP contribution in [0.2, 0.25) is 0 Å². The van der Waals surface area contributed by atoms with Gasteiger partial charge in [-0.3, -0.25) is 4.79 Å². The number of ether oxygens (including phenoxy) is 2. The summed E-state index contributed by atoms with van der Waals surface area (Å²) in [5, 5.41) is 2.89. The number of anilines is 1. The molecule has 0 fully saturated rings. The van der Waals surface area contributed by atoms with Gasteiger partial charge in [-0.15, -0.1) is 0 Å². The van der Waals surface area contributed by atoms with Crippen LogP contribution in [0.3, 0.4) is 0 Å². The molecule has 6 nitrogen and oxygen atoms in total. The Morgan fingerprint density at radius 2 is 2.00 bits per heavy atom. The summed E-state index contributed by atoms with van der Waals surface area (Å²) in [6.07, 6.45) is 0. The zero-order valence-electron chi connectivity index (χ0n) is 16.4. The average molecular weight is 467 g/mol. The number of amides is 1. The SMILES string of the molecule is CCOc1cccc(C(=O)Nc2ccc3oc(-c4ccc(OC)c(Br)c4)nc3c2)c1. The highest BCUT2D eigenvalue weighted by Crippen LogP contribution is 2.32. The van der Waals surface area contributed by atoms with Crippen LogP contribution in [0.5, 0.6) is 11.5 Å². The van der Waals surface area contributed by atoms with Gasteiger partial charge in [-0.25, -0.2) is 4.98 Å². The highest BCUT2D eigenvalue weighted by molar-refractivity contribution is 9.10. The molecule has 0 atom stereocenters. The molecular weight excluding hydrogens is 448 g/mol. The molecule has 4 aromatic rings. The number of fused-ring (bicyclic) bond motifs is 1. The molecule has 7 heteroatoms. The lowest BCUT2D eigenvalue weighted by Gasteiger charge is -2.07. The zero-order chi connectivity index (χ0) is 21.1. The van der Waals surface area contributed by atoms with Crippen molar-refractivity contribution in [2.75, 3.05) is 19.0 Å². The normalized spacial score (nSPS) is 10.8. The number of hydrogen-bond donors (Lipinski definition) is 1. The molecule has 0 spiro atoms. The van der Waals surface area contributed by atoms with E-state index in [0.717, 1.165) is 15.8 Å². The van der Waals surface area contributed by atoms with Gasteiger partial charge < -0.3 is 19.2 Å². The summed E-state index contributed by atoms with van der Waals surface area (Å²) in [6, 6.07) is 18.0. The fourth-order valence-corrected chi connectivity index (χ4v) is 3.57. The Morgan fingerprint density at radius 1 is 1.13 bits per heavy atom. The Morgan fingerprint density at radius 3 is 2.77 bits per heavy atom. The lowest BCUT2D eigenvalue weighted by Crippen LogP contribution is -2.11. The number of nitrogens with zero attached hydrogens (tertiary/aromatic N) is 1. The first-order chi connectivity index (χ1) is 14.6. The summed E-state index contributed by atoms with van der Waals surface area (Å²) < 4.78 is 17.4. The largest absolute Gasteiger partial charge is 0.496 e. The lowest BCUT2D eigenvalue weighted by atomic mass is 10.2. The number of oxazole rings is 1. The van der Waals surface area contributed by atoms with Gasteiger partial charge in [0, 0.05) is 16.8 Å². The number of nitrogens with one attached hydrogen (secondary N) is 1. The highest BCUT2D eigenvalue weighted by Gasteiger charge is 2.13. The van der Waals surface area contributed by atoms with Gasteiger partial charge in [0.1, 0.15) is 17.0 Å². The Bertz CT molecular complexity index is 1220. The van der Waals surface area contributed by atoms with Crippen LogP contribution in [0.15, 0.2) is 69.6 Å². The Hall–Kier alpha value is -3.32. The molecule has 3 aromatic carbocycles. The van der Waals surface area contributed by atoms with E-state index in [9.17, 15) is 4.79 Å². The van der Waals surface area contributed by atoms with Gasteiger partial charge in [-0.1, -0.05) is 6.07 Å². The third-order valence-corrected chi connectivity index (χ3v) is 5.07. The van der Waals surface area contributed by atoms with Gasteiger partial charge in [0.05, 0.1) is 18.2 Å². The van der Waals surface area contributed by atoms with Crippen LogP contribution in [0, 0.1) is 0 Å². The predicted octanol–water partition coefficient (Wildman–Crippen LogP) is 5.92. The smallest absolute Gasteiger partial charge is 0.255 e. The van der Waals surface area contributed by atoms with Crippen LogP contribution in [0.4, 0.5) is 5.69 Å². The Labute approximate surface area is 182 Å². The fraction of sp³-hybridized carbons (Fsp3) is 0.130. The number of benzene rings is 3. The molecule has 0 aliphatic carbocycles. The molecule has 0 saturated heterocycles. The first-order valence-electron chi connectivity index (χ1n) is 9.36. The van der Waals surface area contributed by atoms with E-state index in [1.807, 2.05) is 31.2 Å². The summed E-state index contributed by atoms with van der Waals surface area (Å²) in [5.41, 5.74) is 3.25. The second-order valence-corrected chi connectivity index (χ2v) is 7.32. The monoisotopic (exact) mass is 466 g/mol. The van der Waals surface area contributed by atoms with Crippen molar-refractivity contribution in [1.82, 2.24) is 4.98 Å². The summed E-state index contributed by atoms with van der Waals surface area (Å²) in [4.78, 5) is 17.2. The minimum atomic E-state index is -0.223.